The number of anilines is 1. The highest BCUT2D eigenvalue weighted by Crippen LogP contribution is 2.38. The molecule has 0 aromatic carbocycles. The van der Waals surface area contributed by atoms with E-state index in [1.165, 1.54) is 12.8 Å². The first-order valence-electron chi connectivity index (χ1n) is 9.56. The van der Waals surface area contributed by atoms with Crippen LogP contribution in [0, 0.1) is 12.8 Å². The van der Waals surface area contributed by atoms with Gasteiger partial charge in [0.25, 0.3) is 0 Å². The van der Waals surface area contributed by atoms with Gasteiger partial charge < -0.3 is 9.64 Å². The lowest BCUT2D eigenvalue weighted by molar-refractivity contribution is 0.249. The summed E-state index contributed by atoms with van der Waals surface area (Å²) in [6, 6.07) is 5.98. The van der Waals surface area contributed by atoms with Crippen molar-refractivity contribution in [1.29, 1.82) is 0 Å². The average molecular weight is 362 g/mol. The highest BCUT2D eigenvalue weighted by Gasteiger charge is 2.27. The molecule has 5 rings (SSSR count). The second-order valence-corrected chi connectivity index (χ2v) is 7.47. The van der Waals surface area contributed by atoms with Gasteiger partial charge in [0.15, 0.2) is 0 Å². The van der Waals surface area contributed by atoms with E-state index in [1.54, 1.807) is 12.4 Å². The number of nitrogens with zero attached hydrogens (tertiary/aromatic N) is 6. The Morgan fingerprint density at radius 1 is 1.11 bits per heavy atom. The Morgan fingerprint density at radius 3 is 2.85 bits per heavy atom. The lowest BCUT2D eigenvalue weighted by Crippen LogP contribution is -2.23. The maximum Gasteiger partial charge on any atom is 0.233 e. The minimum atomic E-state index is 0.446. The molecule has 1 saturated heterocycles. The van der Waals surface area contributed by atoms with Crippen molar-refractivity contribution in [2.75, 3.05) is 24.6 Å². The van der Waals surface area contributed by atoms with Crippen LogP contribution in [-0.4, -0.2) is 44.8 Å². The first-order valence-corrected chi connectivity index (χ1v) is 9.56. The Hall–Kier alpha value is -2.83. The van der Waals surface area contributed by atoms with E-state index in [-0.39, 0.29) is 0 Å². The first kappa shape index (κ1) is 16.4. The SMILES string of the molecule is Cc1nc(N2CCC(COc3ccc(C4CC4)nn3)C2)c2ccncc2n1. The summed E-state index contributed by atoms with van der Waals surface area (Å²) in [5.74, 6) is 3.46. The maximum absolute atomic E-state index is 5.90. The summed E-state index contributed by atoms with van der Waals surface area (Å²) in [5, 5.41) is 9.56. The van der Waals surface area contributed by atoms with Gasteiger partial charge in [0.05, 0.1) is 24.0 Å². The van der Waals surface area contributed by atoms with Crippen LogP contribution in [0.1, 0.15) is 36.7 Å². The summed E-state index contributed by atoms with van der Waals surface area (Å²) in [4.78, 5) is 15.7. The first-order chi connectivity index (χ1) is 13.3. The maximum atomic E-state index is 5.90. The Morgan fingerprint density at radius 2 is 2.04 bits per heavy atom. The molecule has 0 radical (unpaired) electrons. The second kappa shape index (κ2) is 6.72. The van der Waals surface area contributed by atoms with Gasteiger partial charge in [-0.15, -0.1) is 5.10 Å². The van der Waals surface area contributed by atoms with Crippen molar-refractivity contribution in [3.8, 4) is 5.88 Å². The lowest BCUT2D eigenvalue weighted by Gasteiger charge is -2.19. The van der Waals surface area contributed by atoms with Gasteiger partial charge in [0.2, 0.25) is 5.88 Å². The Kier molecular flexibility index (Phi) is 4.07. The highest BCUT2D eigenvalue weighted by molar-refractivity contribution is 5.88. The molecule has 2 fully saturated rings. The second-order valence-electron chi connectivity index (χ2n) is 7.47. The van der Waals surface area contributed by atoms with E-state index in [0.29, 0.717) is 24.3 Å². The fraction of sp³-hybridized carbons (Fsp3) is 0.450. The fourth-order valence-electron chi connectivity index (χ4n) is 3.69. The van der Waals surface area contributed by atoms with E-state index >= 15 is 0 Å². The van der Waals surface area contributed by atoms with Crippen LogP contribution in [0.4, 0.5) is 5.82 Å². The zero-order valence-electron chi connectivity index (χ0n) is 15.4. The fourth-order valence-corrected chi connectivity index (χ4v) is 3.69. The molecule has 1 aliphatic heterocycles. The molecule has 1 atom stereocenters. The van der Waals surface area contributed by atoms with Gasteiger partial charge in [-0.1, -0.05) is 0 Å². The molecule has 1 aliphatic carbocycles. The van der Waals surface area contributed by atoms with Crippen molar-refractivity contribution < 1.29 is 4.74 Å². The minimum absolute atomic E-state index is 0.446. The zero-order chi connectivity index (χ0) is 18.2. The molecular formula is C20H22N6O. The van der Waals surface area contributed by atoms with Crippen molar-refractivity contribution in [2.24, 2.45) is 5.92 Å². The molecule has 3 aromatic heterocycles. The predicted octanol–water partition coefficient (Wildman–Crippen LogP) is 2.91. The summed E-state index contributed by atoms with van der Waals surface area (Å²) in [5.41, 5.74) is 1.99. The molecule has 1 saturated carbocycles. The van der Waals surface area contributed by atoms with Gasteiger partial charge in [0.1, 0.15) is 11.6 Å². The number of ether oxygens (including phenoxy) is 1. The van der Waals surface area contributed by atoms with E-state index in [4.69, 9.17) is 9.72 Å². The molecule has 0 spiro atoms. The molecule has 7 heteroatoms. The predicted molar refractivity (Wildman–Crippen MR) is 102 cm³/mol. The summed E-state index contributed by atoms with van der Waals surface area (Å²) < 4.78 is 5.90. The van der Waals surface area contributed by atoms with Crippen molar-refractivity contribution in [2.45, 2.75) is 32.1 Å². The number of hydrogen-bond donors (Lipinski definition) is 0. The van der Waals surface area contributed by atoms with Gasteiger partial charge in [-0.3, -0.25) is 4.98 Å². The lowest BCUT2D eigenvalue weighted by atomic mass is 10.1. The highest BCUT2D eigenvalue weighted by atomic mass is 16.5. The number of hydrogen-bond acceptors (Lipinski definition) is 7. The van der Waals surface area contributed by atoms with Crippen LogP contribution in [-0.2, 0) is 0 Å². The molecule has 0 bridgehead atoms. The van der Waals surface area contributed by atoms with Gasteiger partial charge in [-0.2, -0.15) is 5.10 Å². The van der Waals surface area contributed by atoms with Gasteiger partial charge in [0, 0.05) is 42.6 Å². The Balaban J connectivity index is 1.25. The van der Waals surface area contributed by atoms with Crippen LogP contribution >= 0.6 is 0 Å². The van der Waals surface area contributed by atoms with Gasteiger partial charge in [-0.05, 0) is 38.3 Å². The molecule has 138 valence electrons. The largest absolute Gasteiger partial charge is 0.476 e. The number of rotatable bonds is 5. The molecule has 1 unspecified atom stereocenters. The van der Waals surface area contributed by atoms with E-state index < -0.39 is 0 Å². The third-order valence-corrected chi connectivity index (χ3v) is 5.30. The third-order valence-electron chi connectivity index (χ3n) is 5.30. The quantitative estimate of drug-likeness (QED) is 0.690. The van der Waals surface area contributed by atoms with Crippen LogP contribution in [0.25, 0.3) is 10.9 Å². The van der Waals surface area contributed by atoms with Crippen molar-refractivity contribution in [3.05, 3.63) is 42.1 Å². The third kappa shape index (κ3) is 3.41. The van der Waals surface area contributed by atoms with Crippen LogP contribution in [0.5, 0.6) is 5.88 Å². The van der Waals surface area contributed by atoms with Gasteiger partial charge in [-0.25, -0.2) is 9.97 Å². The molecule has 0 amide bonds. The van der Waals surface area contributed by atoms with Crippen LogP contribution in [0.15, 0.2) is 30.6 Å². The number of pyridine rings is 1. The van der Waals surface area contributed by atoms with Crippen molar-refractivity contribution in [1.82, 2.24) is 25.1 Å². The van der Waals surface area contributed by atoms with Crippen LogP contribution in [0.3, 0.4) is 0 Å². The number of fused-ring (bicyclic) bond motifs is 1. The van der Waals surface area contributed by atoms with E-state index in [9.17, 15) is 0 Å². The van der Waals surface area contributed by atoms with Crippen LogP contribution < -0.4 is 9.64 Å². The number of aryl methyl sites for hydroxylation is 1. The normalized spacial score (nSPS) is 19.6. The summed E-state index contributed by atoms with van der Waals surface area (Å²) in [7, 11) is 0. The molecule has 4 heterocycles. The summed E-state index contributed by atoms with van der Waals surface area (Å²) >= 11 is 0. The Labute approximate surface area is 157 Å². The van der Waals surface area contributed by atoms with E-state index in [0.717, 1.165) is 47.7 Å². The standard InChI is InChI=1S/C20H22N6O/c1-13-22-18-10-21-8-6-16(18)20(23-13)26-9-7-14(11-26)12-27-19-5-4-17(24-25-19)15-2-3-15/h4-6,8,10,14-15H,2-3,7,9,11-12H2,1H3. The van der Waals surface area contributed by atoms with Crippen LogP contribution in [0.2, 0.25) is 0 Å². The van der Waals surface area contributed by atoms with Crippen molar-refractivity contribution in [3.63, 3.8) is 0 Å². The summed E-state index contributed by atoms with van der Waals surface area (Å²) in [6.45, 7) is 4.46. The van der Waals surface area contributed by atoms with Crippen molar-refractivity contribution >= 4 is 16.7 Å². The molecule has 3 aromatic rings. The zero-order valence-corrected chi connectivity index (χ0v) is 15.4. The van der Waals surface area contributed by atoms with E-state index in [1.807, 2.05) is 25.1 Å². The molecule has 2 aliphatic rings. The minimum Gasteiger partial charge on any atom is -0.476 e. The topological polar surface area (TPSA) is 76.9 Å². The molecule has 27 heavy (non-hydrogen) atoms. The van der Waals surface area contributed by atoms with Gasteiger partial charge >= 0.3 is 0 Å². The van der Waals surface area contributed by atoms with E-state index in [2.05, 4.69) is 25.1 Å². The number of aromatic nitrogens is 5. The summed E-state index contributed by atoms with van der Waals surface area (Å²) in [6.07, 6.45) is 7.14. The smallest absolute Gasteiger partial charge is 0.233 e. The molecular weight excluding hydrogens is 340 g/mol. The monoisotopic (exact) mass is 362 g/mol. The molecule has 0 N–H and O–H groups in total. The molecule has 7 nitrogen and oxygen atoms in total. The average Bonchev–Trinajstić information content (AvgIpc) is 3.44. The Bertz CT molecular complexity index is 956.